The summed E-state index contributed by atoms with van der Waals surface area (Å²) >= 11 is 0. The van der Waals surface area contributed by atoms with Gasteiger partial charge < -0.3 is 15.0 Å². The lowest BCUT2D eigenvalue weighted by Crippen LogP contribution is -2.61. The molecule has 2 heterocycles. The van der Waals surface area contributed by atoms with Crippen LogP contribution >= 0.6 is 0 Å². The van der Waals surface area contributed by atoms with E-state index in [4.69, 9.17) is 4.74 Å². The van der Waals surface area contributed by atoms with Crippen LogP contribution in [0.1, 0.15) is 21.7 Å². The lowest BCUT2D eigenvalue weighted by atomic mass is 9.89. The molecule has 8 heteroatoms. The number of aryl methyl sites for hydroxylation is 1. The molecule has 2 N–H and O–H groups in total. The van der Waals surface area contributed by atoms with E-state index < -0.39 is 5.60 Å². The summed E-state index contributed by atoms with van der Waals surface area (Å²) in [6.45, 7) is 2.81. The molecule has 0 spiro atoms. The monoisotopic (exact) mass is 419 g/mol. The number of H-pyrrole nitrogens is 1. The average Bonchev–Trinajstić information content (AvgIpc) is 3.34. The second-order valence-corrected chi connectivity index (χ2v) is 7.73. The van der Waals surface area contributed by atoms with Crippen LogP contribution in [0, 0.1) is 6.92 Å². The number of hydrogen-bond acceptors (Lipinski definition) is 5. The van der Waals surface area contributed by atoms with Crippen molar-refractivity contribution in [3.63, 3.8) is 0 Å². The van der Waals surface area contributed by atoms with Crippen molar-refractivity contribution in [2.75, 3.05) is 26.7 Å². The molecule has 0 saturated carbocycles. The van der Waals surface area contributed by atoms with Gasteiger partial charge in [-0.25, -0.2) is 4.98 Å². The molecule has 1 aromatic heterocycles. The molecule has 3 aromatic rings. The SMILES string of the molecule is CNC(=O)[C@]1(Cc2cccc(-c3ccc(C)cc3)c2)CN(C(=O)c2ncn[nH]2)CCO1. The van der Waals surface area contributed by atoms with E-state index in [0.29, 0.717) is 13.0 Å². The molecule has 4 rings (SSSR count). The summed E-state index contributed by atoms with van der Waals surface area (Å²) in [6, 6.07) is 16.4. The van der Waals surface area contributed by atoms with Gasteiger partial charge in [-0.05, 0) is 23.6 Å². The van der Waals surface area contributed by atoms with Gasteiger partial charge in [0.2, 0.25) is 5.82 Å². The topological polar surface area (TPSA) is 100 Å². The fourth-order valence-corrected chi connectivity index (χ4v) is 3.90. The normalized spacial score (nSPS) is 18.6. The summed E-state index contributed by atoms with van der Waals surface area (Å²) in [5.74, 6) is -0.417. The number of ether oxygens (including phenoxy) is 1. The van der Waals surface area contributed by atoms with Crippen molar-refractivity contribution in [2.45, 2.75) is 18.9 Å². The first-order chi connectivity index (χ1) is 15.0. The third-order valence-corrected chi connectivity index (χ3v) is 5.53. The molecule has 2 aromatic carbocycles. The van der Waals surface area contributed by atoms with Crippen LogP contribution in [0.5, 0.6) is 0 Å². The van der Waals surface area contributed by atoms with Crippen molar-refractivity contribution >= 4 is 11.8 Å². The molecular formula is C23H25N5O3. The number of benzene rings is 2. The molecule has 0 radical (unpaired) electrons. The highest BCUT2D eigenvalue weighted by Gasteiger charge is 2.45. The molecule has 1 aliphatic rings. The Labute approximate surface area is 180 Å². The molecule has 1 saturated heterocycles. The lowest BCUT2D eigenvalue weighted by Gasteiger charge is -2.41. The molecular weight excluding hydrogens is 394 g/mol. The molecule has 2 amide bonds. The minimum absolute atomic E-state index is 0.126. The van der Waals surface area contributed by atoms with E-state index >= 15 is 0 Å². The summed E-state index contributed by atoms with van der Waals surface area (Å²) in [7, 11) is 1.58. The summed E-state index contributed by atoms with van der Waals surface area (Å²) in [5, 5.41) is 9.04. The van der Waals surface area contributed by atoms with E-state index in [-0.39, 0.29) is 30.8 Å². The average molecular weight is 419 g/mol. The van der Waals surface area contributed by atoms with E-state index in [1.54, 1.807) is 11.9 Å². The predicted molar refractivity (Wildman–Crippen MR) is 115 cm³/mol. The quantitative estimate of drug-likeness (QED) is 0.659. The highest BCUT2D eigenvalue weighted by atomic mass is 16.5. The molecule has 0 unspecified atom stereocenters. The first-order valence-electron chi connectivity index (χ1n) is 10.2. The predicted octanol–water partition coefficient (Wildman–Crippen LogP) is 1.98. The summed E-state index contributed by atoms with van der Waals surface area (Å²) in [5.41, 5.74) is 3.14. The molecule has 160 valence electrons. The van der Waals surface area contributed by atoms with Gasteiger partial charge in [-0.1, -0.05) is 54.1 Å². The maximum Gasteiger partial charge on any atom is 0.291 e. The van der Waals surface area contributed by atoms with Gasteiger partial charge in [0.25, 0.3) is 11.8 Å². The maximum atomic E-state index is 12.9. The van der Waals surface area contributed by atoms with Gasteiger partial charge in [-0.15, -0.1) is 0 Å². The smallest absolute Gasteiger partial charge is 0.291 e. The number of rotatable bonds is 5. The van der Waals surface area contributed by atoms with E-state index in [1.165, 1.54) is 11.9 Å². The Morgan fingerprint density at radius 2 is 2.00 bits per heavy atom. The Balaban J connectivity index is 1.61. The third-order valence-electron chi connectivity index (χ3n) is 5.53. The fourth-order valence-electron chi connectivity index (χ4n) is 3.90. The Morgan fingerprint density at radius 3 is 2.71 bits per heavy atom. The summed E-state index contributed by atoms with van der Waals surface area (Å²) < 4.78 is 6.03. The van der Waals surface area contributed by atoms with Crippen molar-refractivity contribution in [3.05, 3.63) is 71.8 Å². The highest BCUT2D eigenvalue weighted by molar-refractivity contribution is 5.92. The molecule has 8 nitrogen and oxygen atoms in total. The Kier molecular flexibility index (Phi) is 5.81. The largest absolute Gasteiger partial charge is 0.361 e. The van der Waals surface area contributed by atoms with Crippen molar-refractivity contribution in [2.24, 2.45) is 0 Å². The number of likely N-dealkylation sites (N-methyl/N-ethyl adjacent to an activating group) is 1. The number of hydrogen-bond donors (Lipinski definition) is 2. The van der Waals surface area contributed by atoms with Gasteiger partial charge in [-0.3, -0.25) is 14.7 Å². The molecule has 1 fully saturated rings. The number of carbonyl (C=O) groups excluding carboxylic acids is 2. The Hall–Kier alpha value is -3.52. The van der Waals surface area contributed by atoms with Gasteiger partial charge in [0.15, 0.2) is 5.60 Å². The van der Waals surface area contributed by atoms with Gasteiger partial charge in [0.05, 0.1) is 13.2 Å². The second-order valence-electron chi connectivity index (χ2n) is 7.73. The maximum absolute atomic E-state index is 12.9. The Morgan fingerprint density at radius 1 is 1.19 bits per heavy atom. The van der Waals surface area contributed by atoms with Crippen LogP contribution in [-0.4, -0.2) is 64.2 Å². The van der Waals surface area contributed by atoms with Crippen LogP contribution in [0.4, 0.5) is 0 Å². The lowest BCUT2D eigenvalue weighted by molar-refractivity contribution is -0.156. The van der Waals surface area contributed by atoms with E-state index in [9.17, 15) is 9.59 Å². The van der Waals surface area contributed by atoms with Crippen LogP contribution in [0.3, 0.4) is 0 Å². The van der Waals surface area contributed by atoms with Crippen molar-refractivity contribution in [1.29, 1.82) is 0 Å². The number of aromatic nitrogens is 3. The number of aromatic amines is 1. The van der Waals surface area contributed by atoms with Crippen LogP contribution in [0.2, 0.25) is 0 Å². The van der Waals surface area contributed by atoms with Gasteiger partial charge in [-0.2, -0.15) is 5.10 Å². The summed E-state index contributed by atoms with van der Waals surface area (Å²) in [6.07, 6.45) is 1.63. The minimum Gasteiger partial charge on any atom is -0.361 e. The number of amides is 2. The summed E-state index contributed by atoms with van der Waals surface area (Å²) in [4.78, 5) is 31.2. The minimum atomic E-state index is -1.19. The van der Waals surface area contributed by atoms with Crippen molar-refractivity contribution in [1.82, 2.24) is 25.4 Å². The molecule has 0 bridgehead atoms. The fraction of sp³-hybridized carbons (Fsp3) is 0.304. The molecule has 0 aliphatic carbocycles. The first-order valence-corrected chi connectivity index (χ1v) is 10.2. The van der Waals surface area contributed by atoms with E-state index in [0.717, 1.165) is 16.7 Å². The molecule has 1 aliphatic heterocycles. The zero-order chi connectivity index (χ0) is 21.8. The van der Waals surface area contributed by atoms with Crippen LogP contribution in [-0.2, 0) is 16.0 Å². The zero-order valence-corrected chi connectivity index (χ0v) is 17.6. The van der Waals surface area contributed by atoms with Crippen LogP contribution in [0.25, 0.3) is 11.1 Å². The van der Waals surface area contributed by atoms with Crippen LogP contribution in [0.15, 0.2) is 54.9 Å². The second kappa shape index (κ2) is 8.69. The van der Waals surface area contributed by atoms with Crippen molar-refractivity contribution in [3.8, 4) is 11.1 Å². The number of nitrogens with one attached hydrogen (secondary N) is 2. The third kappa shape index (κ3) is 4.34. The molecule has 1 atom stereocenters. The standard InChI is InChI=1S/C23H25N5O3/c1-16-6-8-18(9-7-16)19-5-3-4-17(12-19)13-23(22(30)24-2)14-28(10-11-31-23)21(29)20-25-15-26-27-20/h3-9,12,15H,10-11,13-14H2,1-2H3,(H,24,30)(H,25,26,27)/t23-/m0/s1. The van der Waals surface area contributed by atoms with E-state index in [2.05, 4.69) is 57.8 Å². The number of carbonyl (C=O) groups is 2. The van der Waals surface area contributed by atoms with Crippen LogP contribution < -0.4 is 5.32 Å². The number of morpholine rings is 1. The van der Waals surface area contributed by atoms with E-state index in [1.807, 2.05) is 18.2 Å². The van der Waals surface area contributed by atoms with Crippen molar-refractivity contribution < 1.29 is 14.3 Å². The first kappa shape index (κ1) is 20.7. The highest BCUT2D eigenvalue weighted by Crippen LogP contribution is 2.27. The van der Waals surface area contributed by atoms with Gasteiger partial charge >= 0.3 is 0 Å². The zero-order valence-electron chi connectivity index (χ0n) is 17.6. The van der Waals surface area contributed by atoms with Gasteiger partial charge in [0, 0.05) is 20.0 Å². The van der Waals surface area contributed by atoms with Gasteiger partial charge in [0.1, 0.15) is 6.33 Å². The number of nitrogens with zero attached hydrogens (tertiary/aromatic N) is 3. The Bertz CT molecular complexity index is 1070. The molecule has 31 heavy (non-hydrogen) atoms.